The summed E-state index contributed by atoms with van der Waals surface area (Å²) in [5, 5.41) is 23.3. The van der Waals surface area contributed by atoms with E-state index >= 15 is 0 Å². The molecule has 1 aromatic carbocycles. The number of nitrogens with zero attached hydrogens (tertiary/aromatic N) is 2. The molecule has 0 bridgehead atoms. The molecule has 8 heteroatoms. The van der Waals surface area contributed by atoms with Gasteiger partial charge in [-0.05, 0) is 12.5 Å². The van der Waals surface area contributed by atoms with Crippen molar-refractivity contribution >= 4 is 17.5 Å². The van der Waals surface area contributed by atoms with Crippen LogP contribution in [-0.2, 0) is 4.79 Å². The van der Waals surface area contributed by atoms with Crippen LogP contribution in [0.5, 0.6) is 5.75 Å². The first-order valence-electron chi connectivity index (χ1n) is 6.43. The average Bonchev–Trinajstić information content (AvgIpc) is 2.85. The molecular weight excluding hydrogens is 278 g/mol. The smallest absolute Gasteiger partial charge is 0.311 e. The third-order valence-corrected chi connectivity index (χ3v) is 3.32. The number of amides is 2. The lowest BCUT2D eigenvalue weighted by molar-refractivity contribution is -0.385. The molecule has 1 aliphatic heterocycles. The van der Waals surface area contributed by atoms with Crippen molar-refractivity contribution in [1.82, 2.24) is 10.2 Å². The molecule has 1 heterocycles. The van der Waals surface area contributed by atoms with Gasteiger partial charge in [-0.25, -0.2) is 0 Å². The van der Waals surface area contributed by atoms with Gasteiger partial charge in [-0.3, -0.25) is 19.7 Å². The molecule has 1 fully saturated rings. The van der Waals surface area contributed by atoms with Crippen LogP contribution in [0.4, 0.5) is 5.69 Å². The zero-order chi connectivity index (χ0) is 15.6. The Balaban J connectivity index is 2.16. The van der Waals surface area contributed by atoms with Gasteiger partial charge >= 0.3 is 5.69 Å². The predicted molar refractivity (Wildman–Crippen MR) is 72.9 cm³/mol. The highest BCUT2D eigenvalue weighted by atomic mass is 16.6. The van der Waals surface area contributed by atoms with E-state index in [1.54, 1.807) is 0 Å². The van der Waals surface area contributed by atoms with Gasteiger partial charge in [0.2, 0.25) is 11.7 Å². The van der Waals surface area contributed by atoms with Crippen LogP contribution in [0, 0.1) is 10.1 Å². The van der Waals surface area contributed by atoms with Crippen LogP contribution in [0.3, 0.4) is 0 Å². The third-order valence-electron chi connectivity index (χ3n) is 3.32. The fourth-order valence-electron chi connectivity index (χ4n) is 2.37. The Hall–Kier alpha value is -2.64. The van der Waals surface area contributed by atoms with Crippen LogP contribution in [0.2, 0.25) is 0 Å². The van der Waals surface area contributed by atoms with Gasteiger partial charge in [0.15, 0.2) is 0 Å². The molecule has 1 aliphatic rings. The molecule has 2 rings (SSSR count). The molecule has 2 amide bonds. The number of nitro groups is 1. The number of rotatable bonds is 3. The van der Waals surface area contributed by atoms with Gasteiger partial charge in [0.1, 0.15) is 0 Å². The topological polar surface area (TPSA) is 113 Å². The maximum absolute atomic E-state index is 12.3. The third kappa shape index (κ3) is 3.10. The fraction of sp³-hybridized carbons (Fsp3) is 0.385. The van der Waals surface area contributed by atoms with Crippen LogP contribution < -0.4 is 5.32 Å². The van der Waals surface area contributed by atoms with Gasteiger partial charge in [0.05, 0.1) is 10.5 Å². The van der Waals surface area contributed by atoms with Gasteiger partial charge in [0.25, 0.3) is 5.91 Å². The van der Waals surface area contributed by atoms with E-state index < -0.39 is 22.3 Å². The lowest BCUT2D eigenvalue weighted by Gasteiger charge is -2.17. The van der Waals surface area contributed by atoms with Crippen molar-refractivity contribution in [3.63, 3.8) is 0 Å². The summed E-state index contributed by atoms with van der Waals surface area (Å²) in [6.45, 7) is 2.14. The maximum atomic E-state index is 12.3. The Morgan fingerprint density at radius 1 is 1.48 bits per heavy atom. The summed E-state index contributed by atoms with van der Waals surface area (Å²) in [6.07, 6.45) is 0.612. The summed E-state index contributed by atoms with van der Waals surface area (Å²) in [6, 6.07) is 3.70. The van der Waals surface area contributed by atoms with Crippen molar-refractivity contribution in [2.24, 2.45) is 0 Å². The van der Waals surface area contributed by atoms with Gasteiger partial charge in [-0.15, -0.1) is 0 Å². The highest BCUT2D eigenvalue weighted by Gasteiger charge is 2.30. The number of hydrogen-bond donors (Lipinski definition) is 2. The molecule has 21 heavy (non-hydrogen) atoms. The fourth-order valence-corrected chi connectivity index (χ4v) is 2.37. The standard InChI is InChI=1S/C13H15N3O5/c1-8(17)14-9-5-6-15(7-9)13(19)10-3-2-4-11(12(10)18)16(20)21/h2-4,9,18H,5-7H2,1H3,(H,14,17). The summed E-state index contributed by atoms with van der Waals surface area (Å²) < 4.78 is 0. The van der Waals surface area contributed by atoms with E-state index in [0.29, 0.717) is 19.5 Å². The number of phenols is 1. The highest BCUT2D eigenvalue weighted by molar-refractivity contribution is 5.98. The van der Waals surface area contributed by atoms with E-state index in [2.05, 4.69) is 5.32 Å². The minimum atomic E-state index is -0.740. The van der Waals surface area contributed by atoms with Crippen molar-refractivity contribution in [1.29, 1.82) is 0 Å². The number of phenolic OH excluding ortho intramolecular Hbond substituents is 1. The molecule has 1 saturated heterocycles. The van der Waals surface area contributed by atoms with Gasteiger partial charge in [0, 0.05) is 32.1 Å². The molecule has 0 aromatic heterocycles. The van der Waals surface area contributed by atoms with Crippen LogP contribution in [0.25, 0.3) is 0 Å². The summed E-state index contributed by atoms with van der Waals surface area (Å²) >= 11 is 0. The SMILES string of the molecule is CC(=O)NC1CCN(C(=O)c2cccc([N+](=O)[O-])c2O)C1. The highest BCUT2D eigenvalue weighted by Crippen LogP contribution is 2.30. The van der Waals surface area contributed by atoms with Crippen LogP contribution >= 0.6 is 0 Å². The Bertz CT molecular complexity index is 601. The average molecular weight is 293 g/mol. The molecule has 8 nitrogen and oxygen atoms in total. The van der Waals surface area contributed by atoms with Gasteiger partial charge < -0.3 is 15.3 Å². The number of carbonyl (C=O) groups is 2. The van der Waals surface area contributed by atoms with Crippen molar-refractivity contribution in [3.05, 3.63) is 33.9 Å². The molecule has 112 valence electrons. The Kier molecular flexibility index (Phi) is 4.06. The van der Waals surface area contributed by atoms with Crippen LogP contribution in [0.15, 0.2) is 18.2 Å². The molecule has 1 unspecified atom stereocenters. The minimum absolute atomic E-state index is 0.104. The van der Waals surface area contributed by atoms with E-state index in [1.165, 1.54) is 24.0 Å². The number of nitro benzene ring substituents is 1. The monoisotopic (exact) mass is 293 g/mol. The summed E-state index contributed by atoms with van der Waals surface area (Å²) in [5.41, 5.74) is -0.605. The number of hydrogen-bond acceptors (Lipinski definition) is 5. The zero-order valence-corrected chi connectivity index (χ0v) is 11.4. The molecule has 0 spiro atoms. The van der Waals surface area contributed by atoms with Gasteiger partial charge in [-0.1, -0.05) is 6.07 Å². The quantitative estimate of drug-likeness (QED) is 0.627. The largest absolute Gasteiger partial charge is 0.502 e. The van der Waals surface area contributed by atoms with Crippen LogP contribution in [-0.4, -0.2) is 45.9 Å². The van der Waals surface area contributed by atoms with Gasteiger partial charge in [-0.2, -0.15) is 0 Å². The molecule has 0 radical (unpaired) electrons. The van der Waals surface area contributed by atoms with Crippen LogP contribution in [0.1, 0.15) is 23.7 Å². The summed E-state index contributed by atoms with van der Waals surface area (Å²) in [7, 11) is 0. The number of aromatic hydroxyl groups is 1. The van der Waals surface area contributed by atoms with E-state index in [1.807, 2.05) is 0 Å². The zero-order valence-electron chi connectivity index (χ0n) is 11.4. The Morgan fingerprint density at radius 3 is 2.81 bits per heavy atom. The van der Waals surface area contributed by atoms with E-state index in [4.69, 9.17) is 0 Å². The first-order chi connectivity index (χ1) is 9.90. The molecule has 0 aliphatic carbocycles. The minimum Gasteiger partial charge on any atom is -0.502 e. The lowest BCUT2D eigenvalue weighted by Crippen LogP contribution is -2.37. The molecular formula is C13H15N3O5. The molecule has 1 aromatic rings. The molecule has 0 saturated carbocycles. The number of carbonyl (C=O) groups excluding carboxylic acids is 2. The summed E-state index contributed by atoms with van der Waals surface area (Å²) in [5.74, 6) is -1.29. The van der Waals surface area contributed by atoms with Crippen molar-refractivity contribution in [2.75, 3.05) is 13.1 Å². The number of para-hydroxylation sites is 1. The Labute approximate surface area is 120 Å². The second kappa shape index (κ2) is 5.78. The normalized spacial score (nSPS) is 17.6. The predicted octanol–water partition coefficient (Wildman–Crippen LogP) is 0.651. The van der Waals surface area contributed by atoms with Crippen molar-refractivity contribution < 1.29 is 19.6 Å². The molecule has 2 N–H and O–H groups in total. The first kappa shape index (κ1) is 14.8. The number of likely N-dealkylation sites (tertiary alicyclic amines) is 1. The van der Waals surface area contributed by atoms with E-state index in [9.17, 15) is 24.8 Å². The lowest BCUT2D eigenvalue weighted by atomic mass is 10.1. The summed E-state index contributed by atoms with van der Waals surface area (Å²) in [4.78, 5) is 34.8. The van der Waals surface area contributed by atoms with Crippen molar-refractivity contribution in [3.8, 4) is 5.75 Å². The molecule has 1 atom stereocenters. The van der Waals surface area contributed by atoms with E-state index in [-0.39, 0.29) is 17.5 Å². The second-order valence-electron chi connectivity index (χ2n) is 4.87. The van der Waals surface area contributed by atoms with Crippen molar-refractivity contribution in [2.45, 2.75) is 19.4 Å². The Morgan fingerprint density at radius 2 is 2.19 bits per heavy atom. The number of nitrogens with one attached hydrogen (secondary N) is 1. The number of benzene rings is 1. The van der Waals surface area contributed by atoms with E-state index in [0.717, 1.165) is 6.07 Å². The maximum Gasteiger partial charge on any atom is 0.311 e. The first-order valence-corrected chi connectivity index (χ1v) is 6.43. The second-order valence-corrected chi connectivity index (χ2v) is 4.87.